The SMILES string of the molecule is O=C(CN1NC(c2ccc(Cl)cc2)=CCC1=O)NCC[NH+]1CCC(Cc2ccccc2)CC1. The van der Waals surface area contributed by atoms with Crippen LogP contribution >= 0.6 is 11.6 Å². The molecule has 2 aliphatic rings. The highest BCUT2D eigenvalue weighted by Gasteiger charge is 2.24. The normalized spacial score (nSPS) is 20.7. The number of hydrogen-bond donors (Lipinski definition) is 3. The van der Waals surface area contributed by atoms with Crippen molar-refractivity contribution in [2.45, 2.75) is 25.7 Å². The molecule has 2 aliphatic heterocycles. The van der Waals surface area contributed by atoms with E-state index >= 15 is 0 Å². The lowest BCUT2D eigenvalue weighted by Gasteiger charge is -2.30. The van der Waals surface area contributed by atoms with Crippen molar-refractivity contribution in [2.24, 2.45) is 5.92 Å². The van der Waals surface area contributed by atoms with E-state index in [1.807, 2.05) is 18.2 Å². The van der Waals surface area contributed by atoms with E-state index in [2.05, 4.69) is 41.1 Å². The second-order valence-electron chi connectivity index (χ2n) is 8.90. The quantitative estimate of drug-likeness (QED) is 0.557. The summed E-state index contributed by atoms with van der Waals surface area (Å²) in [6.45, 7) is 3.84. The number of carbonyl (C=O) groups is 2. The van der Waals surface area contributed by atoms with Gasteiger partial charge < -0.3 is 10.2 Å². The zero-order valence-corrected chi connectivity index (χ0v) is 19.6. The molecule has 7 heteroatoms. The fourth-order valence-corrected chi connectivity index (χ4v) is 4.68. The van der Waals surface area contributed by atoms with E-state index in [1.165, 1.54) is 23.4 Å². The molecule has 33 heavy (non-hydrogen) atoms. The third-order valence-corrected chi connectivity index (χ3v) is 6.73. The summed E-state index contributed by atoms with van der Waals surface area (Å²) in [5.74, 6) is 0.491. The Bertz CT molecular complexity index is 970. The molecular formula is C26H32ClN4O2+. The van der Waals surface area contributed by atoms with Crippen molar-refractivity contribution in [3.63, 3.8) is 0 Å². The summed E-state index contributed by atoms with van der Waals surface area (Å²) in [6.07, 6.45) is 5.72. The van der Waals surface area contributed by atoms with Crippen LogP contribution in [0.1, 0.15) is 30.4 Å². The minimum absolute atomic E-state index is 0.00174. The molecule has 1 fully saturated rings. The zero-order valence-electron chi connectivity index (χ0n) is 18.9. The van der Waals surface area contributed by atoms with Gasteiger partial charge in [0.05, 0.1) is 31.9 Å². The Morgan fingerprint density at radius 1 is 1.09 bits per heavy atom. The molecule has 4 rings (SSSR count). The Hall–Kier alpha value is -2.83. The van der Waals surface area contributed by atoms with E-state index in [1.54, 1.807) is 17.0 Å². The predicted molar refractivity (Wildman–Crippen MR) is 130 cm³/mol. The molecular weight excluding hydrogens is 436 g/mol. The van der Waals surface area contributed by atoms with Crippen LogP contribution in [0, 0.1) is 5.92 Å². The number of likely N-dealkylation sites (tertiary alicyclic amines) is 1. The smallest absolute Gasteiger partial charge is 0.245 e. The van der Waals surface area contributed by atoms with Crippen molar-refractivity contribution in [3.8, 4) is 0 Å². The van der Waals surface area contributed by atoms with Crippen LogP contribution in [-0.2, 0) is 16.0 Å². The van der Waals surface area contributed by atoms with Crippen molar-refractivity contribution >= 4 is 29.1 Å². The Morgan fingerprint density at radius 3 is 2.55 bits per heavy atom. The number of nitrogens with zero attached hydrogens (tertiary/aromatic N) is 1. The second kappa shape index (κ2) is 11.3. The maximum atomic E-state index is 12.5. The maximum absolute atomic E-state index is 12.5. The summed E-state index contributed by atoms with van der Waals surface area (Å²) in [5.41, 5.74) is 6.23. The van der Waals surface area contributed by atoms with Gasteiger partial charge in [0.25, 0.3) is 0 Å². The Kier molecular flexibility index (Phi) is 8.02. The van der Waals surface area contributed by atoms with Gasteiger partial charge in [0.1, 0.15) is 6.54 Å². The summed E-state index contributed by atoms with van der Waals surface area (Å²) < 4.78 is 0. The standard InChI is InChI=1S/C26H31ClN4O2/c27-23-8-6-22(7-9-23)24-10-11-26(33)31(29-24)19-25(32)28-14-17-30-15-12-21(13-16-30)18-20-4-2-1-3-5-20/h1-10,21,29H,11-19H2,(H,28,32)/p+1. The number of hydrogen-bond acceptors (Lipinski definition) is 3. The van der Waals surface area contributed by atoms with Gasteiger partial charge >= 0.3 is 0 Å². The summed E-state index contributed by atoms with van der Waals surface area (Å²) >= 11 is 5.96. The van der Waals surface area contributed by atoms with Crippen LogP contribution in [0.25, 0.3) is 5.70 Å². The van der Waals surface area contributed by atoms with E-state index in [0.717, 1.165) is 43.2 Å². The molecule has 0 radical (unpaired) electrons. The lowest BCUT2D eigenvalue weighted by molar-refractivity contribution is -0.905. The van der Waals surface area contributed by atoms with Crippen LogP contribution in [0.4, 0.5) is 0 Å². The first kappa shape index (κ1) is 23.3. The summed E-state index contributed by atoms with van der Waals surface area (Å²) in [5, 5.41) is 5.03. The van der Waals surface area contributed by atoms with Gasteiger partial charge in [0, 0.05) is 11.4 Å². The first-order chi connectivity index (χ1) is 16.1. The number of amides is 2. The van der Waals surface area contributed by atoms with Gasteiger partial charge in [-0.05, 0) is 54.5 Å². The summed E-state index contributed by atoms with van der Waals surface area (Å²) in [4.78, 5) is 26.2. The fraction of sp³-hybridized carbons (Fsp3) is 0.385. The second-order valence-corrected chi connectivity index (χ2v) is 9.34. The first-order valence-electron chi connectivity index (χ1n) is 11.7. The number of carbonyl (C=O) groups excluding carboxylic acids is 2. The van der Waals surface area contributed by atoms with Gasteiger partial charge in [0.15, 0.2) is 0 Å². The minimum atomic E-state index is -0.147. The number of hydrazine groups is 1. The van der Waals surface area contributed by atoms with E-state index < -0.39 is 0 Å². The number of benzene rings is 2. The van der Waals surface area contributed by atoms with Gasteiger partial charge in [0.2, 0.25) is 11.8 Å². The van der Waals surface area contributed by atoms with Crippen molar-refractivity contribution in [2.75, 3.05) is 32.7 Å². The lowest BCUT2D eigenvalue weighted by atomic mass is 9.90. The summed E-state index contributed by atoms with van der Waals surface area (Å²) in [7, 11) is 0. The number of quaternary nitrogens is 1. The zero-order chi connectivity index (χ0) is 23.0. The lowest BCUT2D eigenvalue weighted by Crippen LogP contribution is -3.13. The number of piperidine rings is 1. The Labute approximate surface area is 200 Å². The van der Waals surface area contributed by atoms with Gasteiger partial charge in [-0.25, -0.2) is 5.01 Å². The van der Waals surface area contributed by atoms with Crippen molar-refractivity contribution in [1.29, 1.82) is 0 Å². The van der Waals surface area contributed by atoms with Gasteiger partial charge in [-0.2, -0.15) is 0 Å². The third kappa shape index (κ3) is 6.83. The Morgan fingerprint density at radius 2 is 1.82 bits per heavy atom. The van der Waals surface area contributed by atoms with E-state index in [0.29, 0.717) is 11.6 Å². The average Bonchev–Trinajstić information content (AvgIpc) is 2.83. The van der Waals surface area contributed by atoms with Crippen LogP contribution in [0.15, 0.2) is 60.7 Å². The molecule has 0 saturated carbocycles. The van der Waals surface area contributed by atoms with Gasteiger partial charge in [-0.1, -0.05) is 54.1 Å². The molecule has 0 aromatic heterocycles. The van der Waals surface area contributed by atoms with E-state index in [4.69, 9.17) is 11.6 Å². The van der Waals surface area contributed by atoms with Crippen LogP contribution < -0.4 is 15.6 Å². The monoisotopic (exact) mass is 467 g/mol. The maximum Gasteiger partial charge on any atom is 0.245 e. The molecule has 0 spiro atoms. The van der Waals surface area contributed by atoms with E-state index in [9.17, 15) is 9.59 Å². The average molecular weight is 468 g/mol. The highest BCUT2D eigenvalue weighted by Crippen LogP contribution is 2.19. The predicted octanol–water partition coefficient (Wildman–Crippen LogP) is 2.07. The molecule has 2 amide bonds. The van der Waals surface area contributed by atoms with Crippen molar-refractivity contribution in [1.82, 2.24) is 15.8 Å². The molecule has 0 aliphatic carbocycles. The van der Waals surface area contributed by atoms with Crippen molar-refractivity contribution in [3.05, 3.63) is 76.8 Å². The molecule has 0 bridgehead atoms. The Balaban J connectivity index is 1.16. The molecule has 174 valence electrons. The number of nitrogens with one attached hydrogen (secondary N) is 3. The molecule has 0 atom stereocenters. The highest BCUT2D eigenvalue weighted by atomic mass is 35.5. The first-order valence-corrected chi connectivity index (χ1v) is 12.1. The largest absolute Gasteiger partial charge is 0.349 e. The van der Waals surface area contributed by atoms with Crippen LogP contribution in [-0.4, -0.2) is 49.5 Å². The molecule has 0 unspecified atom stereocenters. The van der Waals surface area contributed by atoms with E-state index in [-0.39, 0.29) is 24.8 Å². The van der Waals surface area contributed by atoms with Crippen molar-refractivity contribution < 1.29 is 14.5 Å². The number of rotatable bonds is 8. The minimum Gasteiger partial charge on any atom is -0.349 e. The number of halogens is 1. The molecule has 2 heterocycles. The van der Waals surface area contributed by atoms with Crippen LogP contribution in [0.5, 0.6) is 0 Å². The molecule has 2 aromatic carbocycles. The molecule has 1 saturated heterocycles. The highest BCUT2D eigenvalue weighted by molar-refractivity contribution is 6.30. The third-order valence-electron chi connectivity index (χ3n) is 6.47. The van der Waals surface area contributed by atoms with Gasteiger partial charge in [-0.3, -0.25) is 15.0 Å². The topological polar surface area (TPSA) is 65.9 Å². The molecule has 6 nitrogen and oxygen atoms in total. The van der Waals surface area contributed by atoms with Crippen LogP contribution in [0.2, 0.25) is 5.02 Å². The molecule has 2 aromatic rings. The fourth-order valence-electron chi connectivity index (χ4n) is 4.56. The van der Waals surface area contributed by atoms with Gasteiger partial charge in [-0.15, -0.1) is 0 Å². The van der Waals surface area contributed by atoms with Crippen LogP contribution in [0.3, 0.4) is 0 Å². The molecule has 3 N–H and O–H groups in total. The summed E-state index contributed by atoms with van der Waals surface area (Å²) in [6, 6.07) is 18.1.